The Kier molecular flexibility index (Phi) is 6.02. The zero-order valence-electron chi connectivity index (χ0n) is 13.0. The van der Waals surface area contributed by atoms with E-state index in [1.54, 1.807) is 12.1 Å². The van der Waals surface area contributed by atoms with Crippen LogP contribution in [0.25, 0.3) is 0 Å². The Morgan fingerprint density at radius 1 is 1.36 bits per heavy atom. The van der Waals surface area contributed by atoms with Gasteiger partial charge in [0.1, 0.15) is 5.76 Å². The van der Waals surface area contributed by atoms with Crippen LogP contribution in [0.4, 0.5) is 0 Å². The van der Waals surface area contributed by atoms with Gasteiger partial charge in [0.05, 0.1) is 19.1 Å². The zero-order chi connectivity index (χ0) is 16.0. The number of sulfonamides is 1. The van der Waals surface area contributed by atoms with Gasteiger partial charge in [0.15, 0.2) is 0 Å². The highest BCUT2D eigenvalue weighted by atomic mass is 32.2. The standard InChI is InChI=1S/C15H24N2O4S/c1-22(19,20)17(12-14-8-5-11-21-14)10-9-15(18)16-13-6-3-2-4-7-13/h5,8,11,13H,2-4,6-7,9-10,12H2,1H3,(H,16,18). The third kappa shape index (κ3) is 5.46. The molecule has 6 nitrogen and oxygen atoms in total. The molecule has 22 heavy (non-hydrogen) atoms. The Balaban J connectivity index is 1.83. The number of rotatable bonds is 7. The van der Waals surface area contributed by atoms with E-state index >= 15 is 0 Å². The van der Waals surface area contributed by atoms with Crippen LogP contribution in [0.5, 0.6) is 0 Å². The van der Waals surface area contributed by atoms with E-state index in [-0.39, 0.29) is 31.5 Å². The Bertz CT molecular complexity index is 562. The molecule has 0 aliphatic heterocycles. The second kappa shape index (κ2) is 7.78. The number of hydrogen-bond donors (Lipinski definition) is 1. The van der Waals surface area contributed by atoms with Crippen molar-refractivity contribution in [2.75, 3.05) is 12.8 Å². The number of furan rings is 1. The maximum absolute atomic E-state index is 12.0. The van der Waals surface area contributed by atoms with E-state index in [4.69, 9.17) is 4.42 Å². The molecule has 7 heteroatoms. The molecule has 0 bridgehead atoms. The number of carbonyl (C=O) groups excluding carboxylic acids is 1. The lowest BCUT2D eigenvalue weighted by Gasteiger charge is -2.23. The van der Waals surface area contributed by atoms with Crippen LogP contribution in [-0.2, 0) is 21.4 Å². The van der Waals surface area contributed by atoms with E-state index in [0.29, 0.717) is 5.76 Å². The third-order valence-corrected chi connectivity index (χ3v) is 5.19. The van der Waals surface area contributed by atoms with Crippen molar-refractivity contribution in [1.82, 2.24) is 9.62 Å². The van der Waals surface area contributed by atoms with Crippen molar-refractivity contribution in [3.05, 3.63) is 24.2 Å². The fourth-order valence-corrected chi connectivity index (χ4v) is 3.50. The Hall–Kier alpha value is -1.34. The molecule has 1 fully saturated rings. The fraction of sp³-hybridized carbons (Fsp3) is 0.667. The van der Waals surface area contributed by atoms with Crippen LogP contribution in [0.15, 0.2) is 22.8 Å². The van der Waals surface area contributed by atoms with Crippen molar-refractivity contribution in [2.45, 2.75) is 51.1 Å². The third-order valence-electron chi connectivity index (χ3n) is 3.94. The molecule has 1 aromatic rings. The molecule has 0 aromatic carbocycles. The highest BCUT2D eigenvalue weighted by molar-refractivity contribution is 7.88. The average Bonchev–Trinajstić information content (AvgIpc) is 2.96. The molecular weight excluding hydrogens is 304 g/mol. The SMILES string of the molecule is CS(=O)(=O)N(CCC(=O)NC1CCCCC1)Cc1ccco1. The summed E-state index contributed by atoms with van der Waals surface area (Å²) in [6, 6.07) is 3.68. The van der Waals surface area contributed by atoms with Gasteiger partial charge in [-0.25, -0.2) is 8.42 Å². The van der Waals surface area contributed by atoms with E-state index < -0.39 is 10.0 Å². The summed E-state index contributed by atoms with van der Waals surface area (Å²) in [7, 11) is -3.38. The first-order valence-electron chi connectivity index (χ1n) is 7.72. The first-order valence-corrected chi connectivity index (χ1v) is 9.57. The normalized spacial score (nSPS) is 16.8. The highest BCUT2D eigenvalue weighted by Gasteiger charge is 2.21. The first-order chi connectivity index (χ1) is 10.4. The van der Waals surface area contributed by atoms with Crippen LogP contribution in [0, 0.1) is 0 Å². The lowest BCUT2D eigenvalue weighted by atomic mass is 9.95. The lowest BCUT2D eigenvalue weighted by Crippen LogP contribution is -2.39. The van der Waals surface area contributed by atoms with Gasteiger partial charge in [-0.15, -0.1) is 0 Å². The topological polar surface area (TPSA) is 79.6 Å². The summed E-state index contributed by atoms with van der Waals surface area (Å²) in [5.41, 5.74) is 0. The number of carbonyl (C=O) groups is 1. The summed E-state index contributed by atoms with van der Waals surface area (Å²) in [4.78, 5) is 12.0. The van der Waals surface area contributed by atoms with E-state index in [9.17, 15) is 13.2 Å². The molecule has 1 aliphatic carbocycles. The minimum atomic E-state index is -3.38. The van der Waals surface area contributed by atoms with Gasteiger partial charge in [-0.2, -0.15) is 4.31 Å². The summed E-state index contributed by atoms with van der Waals surface area (Å²) in [6.07, 6.45) is 8.40. The predicted molar refractivity (Wildman–Crippen MR) is 83.6 cm³/mol. The number of amides is 1. The Labute approximate surface area is 131 Å². The van der Waals surface area contributed by atoms with Crippen LogP contribution in [0.3, 0.4) is 0 Å². The van der Waals surface area contributed by atoms with Gasteiger partial charge < -0.3 is 9.73 Å². The second-order valence-corrected chi connectivity index (χ2v) is 7.81. The maximum atomic E-state index is 12.0. The molecule has 0 atom stereocenters. The van der Waals surface area contributed by atoms with Gasteiger partial charge in [0, 0.05) is 19.0 Å². The van der Waals surface area contributed by atoms with Gasteiger partial charge in [-0.05, 0) is 25.0 Å². The molecule has 2 rings (SSSR count). The van der Waals surface area contributed by atoms with Gasteiger partial charge in [-0.3, -0.25) is 4.79 Å². The van der Waals surface area contributed by atoms with E-state index in [1.165, 1.54) is 17.0 Å². The smallest absolute Gasteiger partial charge is 0.221 e. The van der Waals surface area contributed by atoms with Gasteiger partial charge >= 0.3 is 0 Å². The first kappa shape index (κ1) is 17.0. The number of nitrogens with one attached hydrogen (secondary N) is 1. The summed E-state index contributed by atoms with van der Waals surface area (Å²) in [5.74, 6) is 0.484. The predicted octanol–water partition coefficient (Wildman–Crippen LogP) is 1.88. The summed E-state index contributed by atoms with van der Waals surface area (Å²) in [6.45, 7) is 0.320. The lowest BCUT2D eigenvalue weighted by molar-refractivity contribution is -0.122. The van der Waals surface area contributed by atoms with Crippen molar-refractivity contribution in [1.29, 1.82) is 0 Å². The van der Waals surface area contributed by atoms with Gasteiger partial charge in [-0.1, -0.05) is 19.3 Å². The van der Waals surface area contributed by atoms with Crippen molar-refractivity contribution < 1.29 is 17.6 Å². The molecule has 1 heterocycles. The van der Waals surface area contributed by atoms with Crippen LogP contribution >= 0.6 is 0 Å². The molecule has 0 saturated heterocycles. The molecule has 1 amide bonds. The molecule has 124 valence electrons. The average molecular weight is 328 g/mol. The fourth-order valence-electron chi connectivity index (χ4n) is 2.71. The van der Waals surface area contributed by atoms with Gasteiger partial charge in [0.25, 0.3) is 0 Å². The Morgan fingerprint density at radius 3 is 2.68 bits per heavy atom. The summed E-state index contributed by atoms with van der Waals surface area (Å²) < 4.78 is 30.1. The Morgan fingerprint density at radius 2 is 2.09 bits per heavy atom. The molecule has 0 radical (unpaired) electrons. The van der Waals surface area contributed by atoms with Crippen LogP contribution < -0.4 is 5.32 Å². The second-order valence-electron chi connectivity index (χ2n) is 5.83. The molecule has 0 spiro atoms. The molecule has 1 N–H and O–H groups in total. The van der Waals surface area contributed by atoms with Crippen LogP contribution in [0.1, 0.15) is 44.3 Å². The van der Waals surface area contributed by atoms with E-state index in [2.05, 4.69) is 5.32 Å². The summed E-state index contributed by atoms with van der Waals surface area (Å²) >= 11 is 0. The van der Waals surface area contributed by atoms with Crippen molar-refractivity contribution in [3.8, 4) is 0 Å². The molecular formula is C15H24N2O4S. The molecule has 1 aliphatic rings. The van der Waals surface area contributed by atoms with Crippen LogP contribution in [0.2, 0.25) is 0 Å². The van der Waals surface area contributed by atoms with Crippen molar-refractivity contribution >= 4 is 15.9 Å². The molecule has 1 saturated carbocycles. The largest absolute Gasteiger partial charge is 0.468 e. The monoisotopic (exact) mass is 328 g/mol. The van der Waals surface area contributed by atoms with E-state index in [0.717, 1.165) is 31.9 Å². The van der Waals surface area contributed by atoms with Crippen LogP contribution in [-0.4, -0.2) is 37.5 Å². The quantitative estimate of drug-likeness (QED) is 0.829. The number of nitrogens with zero attached hydrogens (tertiary/aromatic N) is 1. The van der Waals surface area contributed by atoms with Crippen molar-refractivity contribution in [2.24, 2.45) is 0 Å². The number of hydrogen-bond acceptors (Lipinski definition) is 4. The molecule has 0 unspecified atom stereocenters. The maximum Gasteiger partial charge on any atom is 0.221 e. The van der Waals surface area contributed by atoms with Gasteiger partial charge in [0.2, 0.25) is 15.9 Å². The minimum Gasteiger partial charge on any atom is -0.468 e. The van der Waals surface area contributed by atoms with E-state index in [1.807, 2.05) is 0 Å². The minimum absolute atomic E-state index is 0.0833. The molecule has 1 aromatic heterocycles. The zero-order valence-corrected chi connectivity index (χ0v) is 13.8. The van der Waals surface area contributed by atoms with Crippen molar-refractivity contribution in [3.63, 3.8) is 0 Å². The summed E-state index contributed by atoms with van der Waals surface area (Å²) in [5, 5.41) is 3.00. The highest BCUT2D eigenvalue weighted by Crippen LogP contribution is 2.17.